The van der Waals surface area contributed by atoms with Crippen molar-refractivity contribution in [2.24, 2.45) is 0 Å². The summed E-state index contributed by atoms with van der Waals surface area (Å²) in [6, 6.07) is 21.1. The van der Waals surface area contributed by atoms with Crippen molar-refractivity contribution in [3.05, 3.63) is 71.8 Å². The average molecular weight is 577 g/mol. The van der Waals surface area contributed by atoms with E-state index in [4.69, 9.17) is 9.84 Å². The minimum Gasteiger partial charge on any atom is -0.396 e. The number of unbranched alkanes of at least 4 members (excludes halogenated alkanes) is 11. The molecular formula is C39H76O2. The van der Waals surface area contributed by atoms with Gasteiger partial charge in [0.1, 0.15) is 0 Å². The van der Waals surface area contributed by atoms with Crippen molar-refractivity contribution in [1.82, 2.24) is 0 Å². The summed E-state index contributed by atoms with van der Waals surface area (Å²) in [5.74, 6) is 0. The second-order valence-electron chi connectivity index (χ2n) is 10.0. The van der Waals surface area contributed by atoms with Crippen LogP contribution in [-0.4, -0.2) is 24.9 Å². The maximum absolute atomic E-state index is 8.54. The second kappa shape index (κ2) is 42.8. The Hall–Kier alpha value is -1.64. The fourth-order valence-corrected chi connectivity index (χ4v) is 4.03. The zero-order valence-electron chi connectivity index (χ0n) is 24.8. The van der Waals surface area contributed by atoms with Crippen molar-refractivity contribution in [2.45, 2.75) is 160 Å². The molecule has 0 unspecified atom stereocenters. The monoisotopic (exact) mass is 577 g/mol. The predicted octanol–water partition coefficient (Wildman–Crippen LogP) is 12.9. The second-order valence-corrected chi connectivity index (χ2v) is 10.0. The fourth-order valence-electron chi connectivity index (χ4n) is 4.03. The van der Waals surface area contributed by atoms with E-state index in [0.717, 1.165) is 32.5 Å². The third kappa shape index (κ3) is 38.4. The topological polar surface area (TPSA) is 29.5 Å². The van der Waals surface area contributed by atoms with E-state index in [2.05, 4.69) is 63.2 Å². The van der Waals surface area contributed by atoms with Crippen molar-refractivity contribution in [2.75, 3.05) is 19.8 Å². The van der Waals surface area contributed by atoms with Crippen LogP contribution in [0.25, 0.3) is 0 Å². The van der Waals surface area contributed by atoms with Gasteiger partial charge in [-0.3, -0.25) is 0 Å². The van der Waals surface area contributed by atoms with Gasteiger partial charge < -0.3 is 9.84 Å². The Morgan fingerprint density at radius 2 is 0.780 bits per heavy atom. The third-order valence-electron chi connectivity index (χ3n) is 6.41. The Bertz CT molecular complexity index is 635. The van der Waals surface area contributed by atoms with Crippen LogP contribution in [0.5, 0.6) is 0 Å². The van der Waals surface area contributed by atoms with Crippen LogP contribution >= 0.6 is 0 Å². The quantitative estimate of drug-likeness (QED) is 0.159. The lowest BCUT2D eigenvalue weighted by Gasteiger charge is -2.04. The van der Waals surface area contributed by atoms with E-state index in [1.165, 1.54) is 101 Å². The number of aliphatic hydroxyl groups is 1. The van der Waals surface area contributed by atoms with E-state index in [9.17, 15) is 0 Å². The maximum Gasteiger partial charge on any atom is 0.0466 e. The Kier molecular flexibility index (Phi) is 51.2. The molecule has 0 radical (unpaired) electrons. The van der Waals surface area contributed by atoms with Crippen molar-refractivity contribution in [3.63, 3.8) is 0 Å². The van der Waals surface area contributed by atoms with Crippen molar-refractivity contribution in [1.29, 1.82) is 0 Å². The minimum absolute atomic E-state index is 0. The molecule has 0 aromatic heterocycles. The molecule has 2 heteroatoms. The van der Waals surface area contributed by atoms with Crippen LogP contribution in [0.1, 0.15) is 158 Å². The summed E-state index contributed by atoms with van der Waals surface area (Å²) in [6.45, 7) is 8.96. The highest BCUT2D eigenvalue weighted by atomic mass is 16.5. The van der Waals surface area contributed by atoms with E-state index in [-0.39, 0.29) is 29.7 Å². The van der Waals surface area contributed by atoms with Gasteiger partial charge in [-0.25, -0.2) is 0 Å². The van der Waals surface area contributed by atoms with Crippen LogP contribution in [0, 0.1) is 0 Å². The molecule has 0 heterocycles. The van der Waals surface area contributed by atoms with Gasteiger partial charge in [-0.2, -0.15) is 0 Å². The summed E-state index contributed by atoms with van der Waals surface area (Å²) < 4.78 is 5.65. The Morgan fingerprint density at radius 1 is 0.439 bits per heavy atom. The van der Waals surface area contributed by atoms with Crippen LogP contribution in [0.15, 0.2) is 60.7 Å². The van der Waals surface area contributed by atoms with E-state index in [1.54, 1.807) is 0 Å². The molecule has 2 aromatic carbocycles. The van der Waals surface area contributed by atoms with Crippen LogP contribution in [0.4, 0.5) is 0 Å². The lowest BCUT2D eigenvalue weighted by molar-refractivity contribution is 0.126. The first kappa shape index (κ1) is 49.1. The lowest BCUT2D eigenvalue weighted by atomic mass is 10.1. The number of aliphatic hydroxyl groups excluding tert-OH is 1. The highest BCUT2D eigenvalue weighted by Gasteiger charge is 1.94. The molecule has 0 atom stereocenters. The highest BCUT2D eigenvalue weighted by Crippen LogP contribution is 2.06. The number of benzene rings is 2. The Labute approximate surface area is 260 Å². The number of rotatable bonds is 20. The van der Waals surface area contributed by atoms with Crippen molar-refractivity contribution >= 4 is 0 Å². The van der Waals surface area contributed by atoms with E-state index in [0.29, 0.717) is 6.61 Å². The first-order valence-electron chi connectivity index (χ1n) is 15.5. The Morgan fingerprint density at radius 3 is 1.15 bits per heavy atom. The van der Waals surface area contributed by atoms with Gasteiger partial charge >= 0.3 is 0 Å². The molecule has 1 N–H and O–H groups in total. The molecule has 0 spiro atoms. The number of aryl methyl sites for hydroxylation is 2. The summed E-state index contributed by atoms with van der Waals surface area (Å²) in [5, 5.41) is 8.54. The molecule has 2 rings (SSSR count). The van der Waals surface area contributed by atoms with Gasteiger partial charge in [-0.1, -0.05) is 175 Å². The molecule has 0 amide bonds. The van der Waals surface area contributed by atoms with Gasteiger partial charge in [0.05, 0.1) is 0 Å². The van der Waals surface area contributed by atoms with E-state index in [1.807, 2.05) is 18.2 Å². The van der Waals surface area contributed by atoms with Gasteiger partial charge in [0.2, 0.25) is 0 Å². The molecule has 0 fully saturated rings. The van der Waals surface area contributed by atoms with Gasteiger partial charge in [-0.05, 0) is 56.1 Å². The van der Waals surface area contributed by atoms with Gasteiger partial charge in [0.25, 0.3) is 0 Å². The number of ether oxygens (including phenoxy) is 1. The van der Waals surface area contributed by atoms with Gasteiger partial charge in [0, 0.05) is 19.8 Å². The first-order valence-corrected chi connectivity index (χ1v) is 15.5. The largest absolute Gasteiger partial charge is 0.396 e. The molecule has 0 aliphatic rings. The summed E-state index contributed by atoms with van der Waals surface area (Å²) in [5.41, 5.74) is 2.80. The van der Waals surface area contributed by atoms with Crippen LogP contribution in [0.3, 0.4) is 0 Å². The molecule has 2 aromatic rings. The lowest BCUT2D eigenvalue weighted by Crippen LogP contribution is -1.98. The Balaban J connectivity index is -0.000000163. The maximum atomic E-state index is 8.54. The SMILES string of the molecule is C.C.C.C.CCCCCCCC.CCCCCCCOCCCCc1ccccc1.OCCCCc1ccccc1. The van der Waals surface area contributed by atoms with Crippen molar-refractivity contribution in [3.8, 4) is 0 Å². The highest BCUT2D eigenvalue weighted by molar-refractivity contribution is 5.15. The standard InChI is InChI=1S/C17H28O.C10H14O.C8H18.4CH4/c1-2-3-4-5-10-15-18-16-11-9-14-17-12-7-6-8-13-17;11-9-5-4-8-10-6-2-1-3-7-10;1-3-5-7-8-6-4-2;;;;/h6-8,12-13H,2-5,9-11,14-16H2,1H3;1-3,6-7,11H,4-5,8-9H2;3-8H2,1-2H3;4*1H4. The summed E-state index contributed by atoms with van der Waals surface area (Å²) in [4.78, 5) is 0. The molecule has 0 aliphatic heterocycles. The molecule has 0 saturated heterocycles. The fraction of sp³-hybridized carbons (Fsp3) is 0.692. The molecule has 244 valence electrons. The van der Waals surface area contributed by atoms with E-state index < -0.39 is 0 Å². The summed E-state index contributed by atoms with van der Waals surface area (Å²) in [6.07, 6.45) is 21.8. The zero-order chi connectivity index (χ0) is 27.1. The average Bonchev–Trinajstić information content (AvgIpc) is 2.94. The van der Waals surface area contributed by atoms with Crippen LogP contribution < -0.4 is 0 Å². The van der Waals surface area contributed by atoms with Crippen LogP contribution in [0.2, 0.25) is 0 Å². The molecular weight excluding hydrogens is 500 g/mol. The molecule has 2 nitrogen and oxygen atoms in total. The summed E-state index contributed by atoms with van der Waals surface area (Å²) >= 11 is 0. The van der Waals surface area contributed by atoms with Crippen LogP contribution in [-0.2, 0) is 17.6 Å². The van der Waals surface area contributed by atoms with Gasteiger partial charge in [0.15, 0.2) is 0 Å². The molecule has 0 saturated carbocycles. The molecule has 0 aliphatic carbocycles. The third-order valence-corrected chi connectivity index (χ3v) is 6.41. The zero-order valence-corrected chi connectivity index (χ0v) is 24.8. The van der Waals surface area contributed by atoms with E-state index >= 15 is 0 Å². The minimum atomic E-state index is 0. The number of hydrogen-bond acceptors (Lipinski definition) is 2. The van der Waals surface area contributed by atoms with Gasteiger partial charge in [-0.15, -0.1) is 0 Å². The molecule has 41 heavy (non-hydrogen) atoms. The molecule has 0 bridgehead atoms. The predicted molar refractivity (Wildman–Crippen MR) is 191 cm³/mol. The smallest absolute Gasteiger partial charge is 0.0466 e. The first-order chi connectivity index (χ1) is 18.3. The van der Waals surface area contributed by atoms with Crippen molar-refractivity contribution < 1.29 is 9.84 Å². The normalized spacial score (nSPS) is 9.27. The number of hydrogen-bond donors (Lipinski definition) is 1. The summed E-state index contributed by atoms with van der Waals surface area (Å²) in [7, 11) is 0.